The van der Waals surface area contributed by atoms with Crippen LogP contribution in [0.5, 0.6) is 0 Å². The Hall–Kier alpha value is -0.900. The summed E-state index contributed by atoms with van der Waals surface area (Å²) in [5.74, 6) is 0. The first-order chi connectivity index (χ1) is 9.73. The zero-order valence-corrected chi connectivity index (χ0v) is 12.4. The molecule has 1 aromatic rings. The summed E-state index contributed by atoms with van der Waals surface area (Å²) in [6.07, 6.45) is 6.44. The second-order valence-electron chi connectivity index (χ2n) is 6.15. The van der Waals surface area contributed by atoms with Gasteiger partial charge in [0, 0.05) is 39.2 Å². The van der Waals surface area contributed by atoms with E-state index in [1.165, 1.54) is 36.0 Å². The number of fused-ring (bicyclic) bond motifs is 1. The first kappa shape index (κ1) is 14.1. The first-order valence-corrected chi connectivity index (χ1v) is 7.73. The van der Waals surface area contributed by atoms with Crippen molar-refractivity contribution in [3.8, 4) is 0 Å². The summed E-state index contributed by atoms with van der Waals surface area (Å²) in [5, 5.41) is 0. The van der Waals surface area contributed by atoms with Crippen LogP contribution in [-0.2, 0) is 28.7 Å². The van der Waals surface area contributed by atoms with Gasteiger partial charge in [0.2, 0.25) is 0 Å². The molecule has 3 rings (SSSR count). The smallest absolute Gasteiger partial charge is 0.0875 e. The van der Waals surface area contributed by atoms with Crippen LogP contribution in [0.25, 0.3) is 0 Å². The van der Waals surface area contributed by atoms with Gasteiger partial charge in [0.15, 0.2) is 0 Å². The predicted molar refractivity (Wildman–Crippen MR) is 79.9 cm³/mol. The number of aryl methyl sites for hydroxylation is 2. The number of ether oxygens (including phenoxy) is 2. The Labute approximate surface area is 121 Å². The van der Waals surface area contributed by atoms with Crippen molar-refractivity contribution in [3.05, 3.63) is 34.9 Å². The minimum atomic E-state index is -0.211. The van der Waals surface area contributed by atoms with E-state index in [0.29, 0.717) is 0 Å². The molecule has 1 fully saturated rings. The van der Waals surface area contributed by atoms with Crippen LogP contribution in [0.3, 0.4) is 0 Å². The number of rotatable bonds is 4. The van der Waals surface area contributed by atoms with Gasteiger partial charge in [-0.05, 0) is 42.4 Å². The third-order valence-corrected chi connectivity index (χ3v) is 5.04. The lowest BCUT2D eigenvalue weighted by atomic mass is 9.83. The van der Waals surface area contributed by atoms with Gasteiger partial charge in [-0.1, -0.05) is 18.2 Å². The van der Waals surface area contributed by atoms with E-state index in [0.717, 1.165) is 32.5 Å². The van der Waals surface area contributed by atoms with Crippen molar-refractivity contribution in [1.82, 2.24) is 0 Å². The average molecular weight is 275 g/mol. The van der Waals surface area contributed by atoms with Crippen LogP contribution < -0.4 is 5.73 Å². The second-order valence-corrected chi connectivity index (χ2v) is 6.15. The van der Waals surface area contributed by atoms with Gasteiger partial charge in [-0.3, -0.25) is 0 Å². The second kappa shape index (κ2) is 5.84. The summed E-state index contributed by atoms with van der Waals surface area (Å²) in [7, 11) is 1.79. The van der Waals surface area contributed by atoms with Crippen LogP contribution >= 0.6 is 0 Å². The van der Waals surface area contributed by atoms with E-state index >= 15 is 0 Å². The molecule has 3 heteroatoms. The Bertz CT molecular complexity index is 466. The minimum absolute atomic E-state index is 0.0378. The van der Waals surface area contributed by atoms with Gasteiger partial charge < -0.3 is 15.2 Å². The Morgan fingerprint density at radius 2 is 2.00 bits per heavy atom. The van der Waals surface area contributed by atoms with Crippen LogP contribution in [0.15, 0.2) is 18.2 Å². The fourth-order valence-corrected chi connectivity index (χ4v) is 3.64. The lowest BCUT2D eigenvalue weighted by molar-refractivity contribution is -0.103. The standard InChI is InChI=1S/C17H25NO2/c1-19-17(7-9-20-10-8-17)16(18)12-13-5-6-14-3-2-4-15(14)11-13/h5-6,11,16H,2-4,7-10,12,18H2,1H3. The highest BCUT2D eigenvalue weighted by Crippen LogP contribution is 2.30. The number of hydrogen-bond donors (Lipinski definition) is 1. The Balaban J connectivity index is 1.73. The monoisotopic (exact) mass is 275 g/mol. The van der Waals surface area contributed by atoms with Crippen molar-refractivity contribution >= 4 is 0 Å². The first-order valence-electron chi connectivity index (χ1n) is 7.73. The van der Waals surface area contributed by atoms with Gasteiger partial charge in [-0.2, -0.15) is 0 Å². The summed E-state index contributed by atoms with van der Waals surface area (Å²) in [6.45, 7) is 1.51. The zero-order valence-electron chi connectivity index (χ0n) is 12.4. The van der Waals surface area contributed by atoms with E-state index in [4.69, 9.17) is 15.2 Å². The summed E-state index contributed by atoms with van der Waals surface area (Å²) >= 11 is 0. The topological polar surface area (TPSA) is 44.5 Å². The summed E-state index contributed by atoms with van der Waals surface area (Å²) in [5.41, 5.74) is 10.7. The molecule has 3 nitrogen and oxygen atoms in total. The normalized spacial score (nSPS) is 22.5. The number of methoxy groups -OCH3 is 1. The number of nitrogens with two attached hydrogens (primary N) is 1. The quantitative estimate of drug-likeness (QED) is 0.916. The molecule has 0 radical (unpaired) electrons. The molecule has 1 atom stereocenters. The molecule has 20 heavy (non-hydrogen) atoms. The van der Waals surface area contributed by atoms with Crippen molar-refractivity contribution in [3.63, 3.8) is 0 Å². The molecule has 0 spiro atoms. The van der Waals surface area contributed by atoms with Crippen molar-refractivity contribution in [1.29, 1.82) is 0 Å². The predicted octanol–water partition coefficient (Wildman–Crippen LogP) is 2.24. The van der Waals surface area contributed by atoms with Crippen molar-refractivity contribution in [2.24, 2.45) is 5.73 Å². The number of hydrogen-bond acceptors (Lipinski definition) is 3. The Morgan fingerprint density at radius 1 is 1.25 bits per heavy atom. The van der Waals surface area contributed by atoms with Gasteiger partial charge in [0.1, 0.15) is 0 Å². The maximum Gasteiger partial charge on any atom is 0.0875 e. The molecule has 2 aliphatic rings. The Kier molecular flexibility index (Phi) is 4.11. The molecular weight excluding hydrogens is 250 g/mol. The molecule has 1 aliphatic heterocycles. The molecule has 1 aromatic carbocycles. The minimum Gasteiger partial charge on any atom is -0.381 e. The largest absolute Gasteiger partial charge is 0.381 e. The molecule has 0 saturated carbocycles. The van der Waals surface area contributed by atoms with Gasteiger partial charge in [-0.15, -0.1) is 0 Å². The molecule has 0 amide bonds. The zero-order chi connectivity index (χ0) is 14.0. The maximum absolute atomic E-state index is 6.49. The molecule has 1 aliphatic carbocycles. The fourth-order valence-electron chi connectivity index (χ4n) is 3.64. The Morgan fingerprint density at radius 3 is 2.75 bits per heavy atom. The molecule has 1 saturated heterocycles. The third kappa shape index (κ3) is 2.62. The molecule has 2 N–H and O–H groups in total. The highest BCUT2D eigenvalue weighted by atomic mass is 16.5. The summed E-state index contributed by atoms with van der Waals surface area (Å²) in [4.78, 5) is 0. The third-order valence-electron chi connectivity index (χ3n) is 5.04. The van der Waals surface area contributed by atoms with Crippen LogP contribution in [0.1, 0.15) is 36.0 Å². The summed E-state index contributed by atoms with van der Waals surface area (Å²) < 4.78 is 11.3. The van der Waals surface area contributed by atoms with Gasteiger partial charge in [0.05, 0.1) is 5.60 Å². The van der Waals surface area contributed by atoms with Crippen LogP contribution in [0, 0.1) is 0 Å². The lowest BCUT2D eigenvalue weighted by Crippen LogP contribution is -2.53. The van der Waals surface area contributed by atoms with Crippen molar-refractivity contribution in [2.45, 2.75) is 50.2 Å². The molecule has 1 unspecified atom stereocenters. The van der Waals surface area contributed by atoms with Gasteiger partial charge >= 0.3 is 0 Å². The van der Waals surface area contributed by atoms with E-state index in [1.54, 1.807) is 7.11 Å². The SMILES string of the molecule is COC1(C(N)Cc2ccc3c(c2)CCC3)CCOCC1. The van der Waals surface area contributed by atoms with Gasteiger partial charge in [0.25, 0.3) is 0 Å². The van der Waals surface area contributed by atoms with Crippen molar-refractivity contribution in [2.75, 3.05) is 20.3 Å². The fraction of sp³-hybridized carbons (Fsp3) is 0.647. The molecular formula is C17H25NO2. The van der Waals surface area contributed by atoms with E-state index in [2.05, 4.69) is 18.2 Å². The van der Waals surface area contributed by atoms with E-state index in [-0.39, 0.29) is 11.6 Å². The van der Waals surface area contributed by atoms with Crippen LogP contribution in [-0.4, -0.2) is 32.0 Å². The summed E-state index contributed by atoms with van der Waals surface area (Å²) in [6, 6.07) is 6.92. The lowest BCUT2D eigenvalue weighted by Gasteiger charge is -2.40. The molecule has 1 heterocycles. The van der Waals surface area contributed by atoms with Crippen molar-refractivity contribution < 1.29 is 9.47 Å². The van der Waals surface area contributed by atoms with E-state index in [9.17, 15) is 0 Å². The highest BCUT2D eigenvalue weighted by molar-refractivity contribution is 5.35. The average Bonchev–Trinajstić information content (AvgIpc) is 2.95. The number of benzene rings is 1. The van der Waals surface area contributed by atoms with E-state index in [1.807, 2.05) is 0 Å². The van der Waals surface area contributed by atoms with Crippen LogP contribution in [0.4, 0.5) is 0 Å². The van der Waals surface area contributed by atoms with E-state index < -0.39 is 0 Å². The molecule has 0 bridgehead atoms. The maximum atomic E-state index is 6.49. The molecule has 0 aromatic heterocycles. The molecule has 110 valence electrons. The van der Waals surface area contributed by atoms with Gasteiger partial charge in [-0.25, -0.2) is 0 Å². The van der Waals surface area contributed by atoms with Crippen LogP contribution in [0.2, 0.25) is 0 Å². The highest BCUT2D eigenvalue weighted by Gasteiger charge is 2.38.